The zero-order valence-corrected chi connectivity index (χ0v) is 16.9. The Balaban J connectivity index is 1.86. The minimum Gasteiger partial charge on any atom is -0.493 e. The average molecular weight is 394 g/mol. The van der Waals surface area contributed by atoms with Crippen LogP contribution in [0, 0.1) is 12.7 Å². The van der Waals surface area contributed by atoms with Crippen molar-refractivity contribution >= 4 is 22.8 Å². The number of benzene rings is 2. The minimum absolute atomic E-state index is 0.135. The molecule has 0 fully saturated rings. The van der Waals surface area contributed by atoms with Gasteiger partial charge in [-0.2, -0.15) is 0 Å². The maximum absolute atomic E-state index is 13.8. The van der Waals surface area contributed by atoms with Crippen molar-refractivity contribution in [2.24, 2.45) is 0 Å². The molecule has 0 radical (unpaired) electrons. The molecular weight excluding hydrogens is 371 g/mol. The summed E-state index contributed by atoms with van der Waals surface area (Å²) >= 11 is 0. The highest BCUT2D eigenvalue weighted by Crippen LogP contribution is 2.35. The molecule has 0 atom stereocenters. The van der Waals surface area contributed by atoms with Gasteiger partial charge < -0.3 is 19.4 Å². The molecule has 1 aromatic heterocycles. The number of rotatable bonds is 4. The molecule has 29 heavy (non-hydrogen) atoms. The van der Waals surface area contributed by atoms with E-state index in [0.717, 1.165) is 28.8 Å². The van der Waals surface area contributed by atoms with Crippen LogP contribution in [0.15, 0.2) is 36.0 Å². The first-order valence-corrected chi connectivity index (χ1v) is 9.43. The summed E-state index contributed by atoms with van der Waals surface area (Å²) < 4.78 is 24.7. The van der Waals surface area contributed by atoms with Crippen LogP contribution in [-0.2, 0) is 6.42 Å². The highest BCUT2D eigenvalue weighted by molar-refractivity contribution is 6.18. The number of nitrogens with one attached hydrogen (secondary N) is 1. The minimum atomic E-state index is -0.365. The molecule has 150 valence electrons. The predicted molar refractivity (Wildman–Crippen MR) is 111 cm³/mol. The lowest BCUT2D eigenvalue weighted by Gasteiger charge is -2.20. The van der Waals surface area contributed by atoms with Crippen LogP contribution in [0.5, 0.6) is 11.5 Å². The van der Waals surface area contributed by atoms with E-state index in [1.165, 1.54) is 12.1 Å². The van der Waals surface area contributed by atoms with Crippen molar-refractivity contribution in [3.63, 3.8) is 0 Å². The summed E-state index contributed by atoms with van der Waals surface area (Å²) in [5, 5.41) is 0.596. The van der Waals surface area contributed by atoms with Crippen LogP contribution in [0.25, 0.3) is 17.0 Å². The number of halogens is 1. The number of nitrogens with zero attached hydrogens (tertiary/aromatic N) is 1. The van der Waals surface area contributed by atoms with E-state index in [0.29, 0.717) is 34.7 Å². The molecule has 6 heteroatoms. The van der Waals surface area contributed by atoms with Crippen molar-refractivity contribution in [3.8, 4) is 11.5 Å². The number of hydrogen-bond acceptors (Lipinski definition) is 4. The lowest BCUT2D eigenvalue weighted by atomic mass is 10.0. The Morgan fingerprint density at radius 3 is 2.59 bits per heavy atom. The number of H-pyrrole nitrogens is 1. The van der Waals surface area contributed by atoms with Gasteiger partial charge in [-0.05, 0) is 60.9 Å². The first-order chi connectivity index (χ1) is 13.9. The smallest absolute Gasteiger partial charge is 0.211 e. The molecule has 0 spiro atoms. The Hall–Kier alpha value is -3.28. The van der Waals surface area contributed by atoms with Crippen LogP contribution in [-0.4, -0.2) is 43.5 Å². The van der Waals surface area contributed by atoms with E-state index in [1.807, 2.05) is 37.1 Å². The number of allylic oxidation sites excluding steroid dienone is 1. The third-order valence-electron chi connectivity index (χ3n) is 5.47. The van der Waals surface area contributed by atoms with Gasteiger partial charge in [0.2, 0.25) is 5.78 Å². The van der Waals surface area contributed by atoms with Gasteiger partial charge in [-0.3, -0.25) is 4.79 Å². The molecule has 0 saturated carbocycles. The van der Waals surface area contributed by atoms with E-state index in [2.05, 4.69) is 4.98 Å². The van der Waals surface area contributed by atoms with Gasteiger partial charge in [0.05, 0.1) is 25.5 Å². The zero-order chi connectivity index (χ0) is 20.7. The summed E-state index contributed by atoms with van der Waals surface area (Å²) in [6.07, 6.45) is 2.64. The van der Waals surface area contributed by atoms with Gasteiger partial charge >= 0.3 is 0 Å². The lowest BCUT2D eigenvalue weighted by molar-refractivity contribution is 0.100. The van der Waals surface area contributed by atoms with Crippen LogP contribution < -0.4 is 9.47 Å². The second-order valence-electron chi connectivity index (χ2n) is 7.25. The van der Waals surface area contributed by atoms with Crippen LogP contribution in [0.3, 0.4) is 0 Å². The summed E-state index contributed by atoms with van der Waals surface area (Å²) in [6.45, 7) is 2.51. The number of carbonyl (C=O) groups is 1. The number of aromatic nitrogens is 1. The number of aryl methyl sites for hydroxylation is 1. The van der Waals surface area contributed by atoms with Gasteiger partial charge in [-0.1, -0.05) is 0 Å². The predicted octanol–water partition coefficient (Wildman–Crippen LogP) is 4.34. The first kappa shape index (κ1) is 19.1. The number of methoxy groups -OCH3 is 2. The van der Waals surface area contributed by atoms with Crippen molar-refractivity contribution in [1.82, 2.24) is 9.88 Å². The highest BCUT2D eigenvalue weighted by Gasteiger charge is 2.25. The van der Waals surface area contributed by atoms with Gasteiger partial charge in [-0.25, -0.2) is 4.39 Å². The maximum Gasteiger partial charge on any atom is 0.211 e. The Labute approximate surface area is 168 Å². The number of fused-ring (bicyclic) bond motifs is 2. The van der Waals surface area contributed by atoms with E-state index >= 15 is 0 Å². The third-order valence-corrected chi connectivity index (χ3v) is 5.47. The summed E-state index contributed by atoms with van der Waals surface area (Å²) in [4.78, 5) is 18.7. The van der Waals surface area contributed by atoms with Crippen molar-refractivity contribution in [1.29, 1.82) is 0 Å². The molecular formula is C23H23FN2O3. The number of hydrogen-bond donors (Lipinski definition) is 1. The van der Waals surface area contributed by atoms with Crippen LogP contribution >= 0.6 is 0 Å². The molecule has 1 aliphatic heterocycles. The number of Topliss-reactive ketones (excluding diaryl/α,β-unsaturated/α-hetero) is 1. The monoisotopic (exact) mass is 394 g/mol. The van der Waals surface area contributed by atoms with E-state index in [1.54, 1.807) is 20.3 Å². The van der Waals surface area contributed by atoms with Gasteiger partial charge in [0, 0.05) is 30.2 Å². The van der Waals surface area contributed by atoms with Gasteiger partial charge in [0.25, 0.3) is 0 Å². The normalized spacial score (nSPS) is 13.7. The fraction of sp³-hybridized carbons (Fsp3) is 0.261. The molecule has 2 heterocycles. The fourth-order valence-electron chi connectivity index (χ4n) is 3.91. The second kappa shape index (κ2) is 7.28. The maximum atomic E-state index is 13.8. The number of aromatic amines is 1. The second-order valence-corrected chi connectivity index (χ2v) is 7.25. The highest BCUT2D eigenvalue weighted by atomic mass is 19.1. The molecule has 0 amide bonds. The van der Waals surface area contributed by atoms with E-state index in [4.69, 9.17) is 9.47 Å². The van der Waals surface area contributed by atoms with E-state index < -0.39 is 0 Å². The van der Waals surface area contributed by atoms with Crippen molar-refractivity contribution in [2.45, 2.75) is 13.3 Å². The Morgan fingerprint density at radius 2 is 1.86 bits per heavy atom. The number of likely N-dealkylation sites (N-methyl/N-ethyl adjacent to an activating group) is 1. The van der Waals surface area contributed by atoms with Gasteiger partial charge in [-0.15, -0.1) is 0 Å². The SMILES string of the molecule is COc1cc2c(cc1OC)CCN(C)C(C(=O)c1c(C)[nH]c3ccc(F)cc13)=C2. The molecule has 3 aromatic rings. The summed E-state index contributed by atoms with van der Waals surface area (Å²) in [5.41, 5.74) is 4.53. The van der Waals surface area contributed by atoms with Gasteiger partial charge in [0.1, 0.15) is 5.82 Å². The Morgan fingerprint density at radius 1 is 1.14 bits per heavy atom. The van der Waals surface area contributed by atoms with Crippen LogP contribution in [0.1, 0.15) is 27.2 Å². The number of carbonyl (C=O) groups excluding carboxylic acids is 1. The molecule has 1 N–H and O–H groups in total. The Bertz CT molecular complexity index is 1150. The number of ketones is 1. The standard InChI is InChI=1S/C23H23FN2O3/c1-13-22(17-12-16(24)5-6-18(17)25-13)23(27)19-9-15-11-21(29-4)20(28-3)10-14(15)7-8-26(19)2/h5-6,9-12,25H,7-8H2,1-4H3. The molecule has 0 unspecified atom stereocenters. The molecule has 5 nitrogen and oxygen atoms in total. The fourth-order valence-corrected chi connectivity index (χ4v) is 3.91. The topological polar surface area (TPSA) is 54.6 Å². The molecule has 0 aliphatic carbocycles. The summed E-state index contributed by atoms with van der Waals surface area (Å²) in [7, 11) is 5.10. The number of ether oxygens (including phenoxy) is 2. The molecule has 4 rings (SSSR count). The molecule has 0 bridgehead atoms. The Kier molecular flexibility index (Phi) is 4.78. The van der Waals surface area contributed by atoms with Crippen molar-refractivity contribution < 1.29 is 18.7 Å². The largest absolute Gasteiger partial charge is 0.493 e. The van der Waals surface area contributed by atoms with Gasteiger partial charge in [0.15, 0.2) is 11.5 Å². The summed E-state index contributed by atoms with van der Waals surface area (Å²) in [6, 6.07) is 8.30. The average Bonchev–Trinajstić information content (AvgIpc) is 2.94. The van der Waals surface area contributed by atoms with E-state index in [9.17, 15) is 9.18 Å². The van der Waals surface area contributed by atoms with Crippen molar-refractivity contribution in [2.75, 3.05) is 27.8 Å². The zero-order valence-electron chi connectivity index (χ0n) is 16.9. The third kappa shape index (κ3) is 3.24. The van der Waals surface area contributed by atoms with E-state index in [-0.39, 0.29) is 11.6 Å². The van der Waals surface area contributed by atoms with Crippen LogP contribution in [0.4, 0.5) is 4.39 Å². The van der Waals surface area contributed by atoms with Crippen LogP contribution in [0.2, 0.25) is 0 Å². The molecule has 0 saturated heterocycles. The first-order valence-electron chi connectivity index (χ1n) is 9.43. The molecule has 1 aliphatic rings. The molecule has 2 aromatic carbocycles. The quantitative estimate of drug-likeness (QED) is 0.669. The van der Waals surface area contributed by atoms with Crippen molar-refractivity contribution in [3.05, 3.63) is 64.2 Å². The summed E-state index contributed by atoms with van der Waals surface area (Å²) in [5.74, 6) is 0.782. The lowest BCUT2D eigenvalue weighted by Crippen LogP contribution is -2.25.